The van der Waals surface area contributed by atoms with Gasteiger partial charge in [0.25, 0.3) is 5.91 Å². The van der Waals surface area contributed by atoms with Gasteiger partial charge >= 0.3 is 5.97 Å². The molecular formula is C21H25N5O6. The molecule has 0 radical (unpaired) electrons. The maximum Gasteiger partial charge on any atom is 0.312 e. The van der Waals surface area contributed by atoms with Crippen molar-refractivity contribution < 1.29 is 29.0 Å². The number of nitrogens with zero attached hydrogens (tertiary/aromatic N) is 1. The lowest BCUT2D eigenvalue weighted by Crippen LogP contribution is -2.39. The minimum absolute atomic E-state index is 0.182. The number of carbonyl (C=O) groups is 3. The standard InChI is InChI=1S/C21H25N5O6/c1-31-16-7-14(8-17(9-16)32-2)18(21(29)30)10-23-19(27)11-24-20(28)13-4-3-5-15(6-13)25-12-26-22/h3-9,12,18H,10-11,22H2,1-2H3,(H,23,27)(H,24,28)(H,25,26)(H,29,30). The van der Waals surface area contributed by atoms with E-state index < -0.39 is 23.7 Å². The highest BCUT2D eigenvalue weighted by Gasteiger charge is 2.22. The molecule has 0 aliphatic heterocycles. The molecule has 6 N–H and O–H groups in total. The van der Waals surface area contributed by atoms with Gasteiger partial charge in [0.05, 0.1) is 26.7 Å². The molecule has 32 heavy (non-hydrogen) atoms. The zero-order chi connectivity index (χ0) is 23.5. The SMILES string of the molecule is COc1cc(OC)cc(C(CNC(=O)CNC(=O)c2cccc(NC=NN)c2)C(=O)O)c1. The number of hydrazone groups is 1. The van der Waals surface area contributed by atoms with E-state index in [1.54, 1.807) is 42.5 Å². The number of aliphatic carboxylic acids is 1. The molecule has 1 unspecified atom stereocenters. The van der Waals surface area contributed by atoms with E-state index in [-0.39, 0.29) is 13.1 Å². The Morgan fingerprint density at radius 2 is 1.78 bits per heavy atom. The van der Waals surface area contributed by atoms with E-state index in [2.05, 4.69) is 21.1 Å². The van der Waals surface area contributed by atoms with Crippen LogP contribution in [0.1, 0.15) is 21.8 Å². The van der Waals surface area contributed by atoms with Gasteiger partial charge in [-0.15, -0.1) is 0 Å². The van der Waals surface area contributed by atoms with Crippen molar-refractivity contribution in [3.8, 4) is 11.5 Å². The Morgan fingerprint density at radius 1 is 1.09 bits per heavy atom. The van der Waals surface area contributed by atoms with E-state index in [0.29, 0.717) is 28.3 Å². The van der Waals surface area contributed by atoms with Crippen LogP contribution in [-0.2, 0) is 9.59 Å². The van der Waals surface area contributed by atoms with Crippen LogP contribution in [0.5, 0.6) is 11.5 Å². The van der Waals surface area contributed by atoms with Crippen molar-refractivity contribution in [2.24, 2.45) is 10.9 Å². The molecule has 0 spiro atoms. The van der Waals surface area contributed by atoms with Gasteiger partial charge in [0.1, 0.15) is 17.8 Å². The number of carboxylic acid groups (broad SMARTS) is 1. The van der Waals surface area contributed by atoms with Crippen LogP contribution in [0, 0.1) is 0 Å². The van der Waals surface area contributed by atoms with Gasteiger partial charge in [0.2, 0.25) is 5.91 Å². The summed E-state index contributed by atoms with van der Waals surface area (Å²) < 4.78 is 10.3. The van der Waals surface area contributed by atoms with Gasteiger partial charge in [-0.25, -0.2) is 0 Å². The van der Waals surface area contributed by atoms with Crippen LogP contribution in [0.15, 0.2) is 47.6 Å². The summed E-state index contributed by atoms with van der Waals surface area (Å²) in [6.07, 6.45) is 1.27. The van der Waals surface area contributed by atoms with Gasteiger partial charge < -0.3 is 36.4 Å². The number of carbonyl (C=O) groups excluding carboxylic acids is 2. The minimum atomic E-state index is -1.13. The third-order valence-electron chi connectivity index (χ3n) is 4.42. The second-order valence-corrected chi connectivity index (χ2v) is 6.53. The molecule has 0 saturated carbocycles. The molecule has 0 aliphatic carbocycles. The van der Waals surface area contributed by atoms with Crippen LogP contribution in [0.25, 0.3) is 0 Å². The van der Waals surface area contributed by atoms with Gasteiger partial charge in [0.15, 0.2) is 0 Å². The van der Waals surface area contributed by atoms with Crippen molar-refractivity contribution in [3.63, 3.8) is 0 Å². The Hall–Kier alpha value is -4.28. The summed E-state index contributed by atoms with van der Waals surface area (Å²) in [5, 5.41) is 20.7. The number of hydrogen-bond donors (Lipinski definition) is 5. The number of rotatable bonds is 11. The first kappa shape index (κ1) is 24.0. The Balaban J connectivity index is 1.96. The minimum Gasteiger partial charge on any atom is -0.497 e. The van der Waals surface area contributed by atoms with Crippen LogP contribution < -0.4 is 31.3 Å². The number of nitrogens with one attached hydrogen (secondary N) is 3. The molecule has 2 aromatic rings. The molecule has 2 rings (SSSR count). The van der Waals surface area contributed by atoms with Crippen LogP contribution >= 0.6 is 0 Å². The predicted molar refractivity (Wildman–Crippen MR) is 118 cm³/mol. The number of benzene rings is 2. The van der Waals surface area contributed by atoms with Crippen LogP contribution in [0.2, 0.25) is 0 Å². The number of methoxy groups -OCH3 is 2. The molecule has 0 heterocycles. The van der Waals surface area contributed by atoms with Crippen LogP contribution in [0.4, 0.5) is 5.69 Å². The highest BCUT2D eigenvalue weighted by molar-refractivity contribution is 5.97. The maximum atomic E-state index is 12.3. The molecule has 170 valence electrons. The molecule has 2 amide bonds. The smallest absolute Gasteiger partial charge is 0.312 e. The van der Waals surface area contributed by atoms with Crippen LogP contribution in [-0.4, -0.2) is 56.5 Å². The zero-order valence-corrected chi connectivity index (χ0v) is 17.6. The second kappa shape index (κ2) is 11.8. The Kier molecular flexibility index (Phi) is 8.84. The third-order valence-corrected chi connectivity index (χ3v) is 4.42. The topological polar surface area (TPSA) is 164 Å². The number of amides is 2. The molecule has 0 aromatic heterocycles. The van der Waals surface area contributed by atoms with E-state index in [9.17, 15) is 19.5 Å². The lowest BCUT2D eigenvalue weighted by Gasteiger charge is -2.16. The summed E-state index contributed by atoms with van der Waals surface area (Å²) in [5.41, 5.74) is 1.32. The fourth-order valence-corrected chi connectivity index (χ4v) is 2.78. The van der Waals surface area contributed by atoms with Crippen molar-refractivity contribution in [2.75, 3.05) is 32.6 Å². The first-order valence-electron chi connectivity index (χ1n) is 9.47. The Labute approximate surface area is 184 Å². The van der Waals surface area contributed by atoms with Crippen molar-refractivity contribution >= 4 is 29.8 Å². The van der Waals surface area contributed by atoms with Gasteiger partial charge in [-0.3, -0.25) is 14.4 Å². The summed E-state index contributed by atoms with van der Waals surface area (Å²) in [4.78, 5) is 36.2. The summed E-state index contributed by atoms with van der Waals surface area (Å²) in [7, 11) is 2.91. The Morgan fingerprint density at radius 3 is 2.38 bits per heavy atom. The monoisotopic (exact) mass is 443 g/mol. The number of carboxylic acids is 1. The molecule has 0 fully saturated rings. The van der Waals surface area contributed by atoms with Gasteiger partial charge in [-0.2, -0.15) is 5.10 Å². The molecule has 0 saturated heterocycles. The van der Waals surface area contributed by atoms with Gasteiger partial charge in [0, 0.05) is 23.9 Å². The predicted octanol–water partition coefficient (Wildman–Crippen LogP) is 0.732. The number of nitrogens with two attached hydrogens (primary N) is 1. The summed E-state index contributed by atoms with van der Waals surface area (Å²) in [6, 6.07) is 11.2. The largest absolute Gasteiger partial charge is 0.497 e. The second-order valence-electron chi connectivity index (χ2n) is 6.53. The quantitative estimate of drug-likeness (QED) is 0.147. The number of anilines is 1. The fourth-order valence-electron chi connectivity index (χ4n) is 2.78. The fraction of sp³-hybridized carbons (Fsp3) is 0.238. The van der Waals surface area contributed by atoms with Gasteiger partial charge in [-0.1, -0.05) is 6.07 Å². The first-order chi connectivity index (χ1) is 15.4. The summed E-state index contributed by atoms with van der Waals surface area (Å²) in [5.74, 6) is 2.71. The van der Waals surface area contributed by atoms with Gasteiger partial charge in [-0.05, 0) is 35.9 Å². The number of hydrogen-bond acceptors (Lipinski definition) is 7. The third kappa shape index (κ3) is 6.90. The zero-order valence-electron chi connectivity index (χ0n) is 17.6. The molecule has 2 aromatic carbocycles. The van der Waals surface area contributed by atoms with E-state index >= 15 is 0 Å². The van der Waals surface area contributed by atoms with Crippen molar-refractivity contribution in [1.29, 1.82) is 0 Å². The highest BCUT2D eigenvalue weighted by atomic mass is 16.5. The first-order valence-corrected chi connectivity index (χ1v) is 9.47. The molecule has 0 bridgehead atoms. The van der Waals surface area contributed by atoms with Crippen molar-refractivity contribution in [2.45, 2.75) is 5.92 Å². The average Bonchev–Trinajstić information content (AvgIpc) is 2.80. The molecule has 11 nitrogen and oxygen atoms in total. The maximum absolute atomic E-state index is 12.3. The lowest BCUT2D eigenvalue weighted by molar-refractivity contribution is -0.138. The normalized spacial score (nSPS) is 11.4. The van der Waals surface area contributed by atoms with E-state index in [1.165, 1.54) is 20.6 Å². The van der Waals surface area contributed by atoms with Crippen molar-refractivity contribution in [1.82, 2.24) is 10.6 Å². The van der Waals surface area contributed by atoms with E-state index in [0.717, 1.165) is 0 Å². The molecular weight excluding hydrogens is 418 g/mol. The number of ether oxygens (including phenoxy) is 2. The molecule has 1 atom stereocenters. The van der Waals surface area contributed by atoms with Crippen molar-refractivity contribution in [3.05, 3.63) is 53.6 Å². The summed E-state index contributed by atoms with van der Waals surface area (Å²) >= 11 is 0. The van der Waals surface area contributed by atoms with E-state index in [1.807, 2.05) is 0 Å². The van der Waals surface area contributed by atoms with E-state index in [4.69, 9.17) is 15.3 Å². The average molecular weight is 443 g/mol. The Bertz CT molecular complexity index is 972. The lowest BCUT2D eigenvalue weighted by atomic mass is 9.98. The van der Waals surface area contributed by atoms with Crippen LogP contribution in [0.3, 0.4) is 0 Å². The molecule has 0 aliphatic rings. The highest BCUT2D eigenvalue weighted by Crippen LogP contribution is 2.27. The molecule has 11 heteroatoms. The summed E-state index contributed by atoms with van der Waals surface area (Å²) in [6.45, 7) is -0.507.